The highest BCUT2D eigenvalue weighted by atomic mass is 32.2. The van der Waals surface area contributed by atoms with Crippen LogP contribution in [0.15, 0.2) is 22.6 Å². The van der Waals surface area contributed by atoms with Gasteiger partial charge in [0.25, 0.3) is 0 Å². The maximum Gasteiger partial charge on any atom is 0.417 e. The summed E-state index contributed by atoms with van der Waals surface area (Å²) in [6.07, 6.45) is 4.72. The van der Waals surface area contributed by atoms with Gasteiger partial charge in [0.1, 0.15) is 27.5 Å². The molecule has 1 unspecified atom stereocenters. The van der Waals surface area contributed by atoms with Crippen LogP contribution in [0.4, 0.5) is 10.7 Å². The Bertz CT molecular complexity index is 1680. The molecule has 248 valence electrons. The van der Waals surface area contributed by atoms with Crippen molar-refractivity contribution in [3.8, 4) is 23.8 Å². The molecule has 0 saturated heterocycles. The topological polar surface area (TPSA) is 174 Å². The molecule has 1 aromatic carbocycles. The average molecular weight is 661 g/mol. The number of nitrogens with zero attached hydrogens (tertiary/aromatic N) is 6. The largest absolute Gasteiger partial charge is 0.591 e. The number of anilines is 1. The lowest BCUT2D eigenvalue weighted by Crippen LogP contribution is -2.76. The van der Waals surface area contributed by atoms with Crippen molar-refractivity contribution < 1.29 is 28.4 Å². The normalized spacial score (nSPS) is 20.9. The first kappa shape index (κ1) is 35.4. The summed E-state index contributed by atoms with van der Waals surface area (Å²) < 4.78 is 34.1. The van der Waals surface area contributed by atoms with E-state index in [-0.39, 0.29) is 29.7 Å². The smallest absolute Gasteiger partial charge is 0.417 e. The molecular weight excluding hydrogens is 620 g/mol. The molecular formula is C34H40N6O6S. The fourth-order valence-electron chi connectivity index (χ4n) is 5.70. The van der Waals surface area contributed by atoms with E-state index in [1.807, 2.05) is 32.0 Å². The SMILES string of the molecule is CCOC(=O)c1nc(N(C(=O)OC(C)(C)C)C23CC(C#N)(C2)C3)nc(Oc2c(C)cc(/C=C/C#N)cc2C)c1/C=N/[S+]([O-])C(C)(C)C. The van der Waals surface area contributed by atoms with Crippen LogP contribution in [0, 0.1) is 41.9 Å². The molecule has 3 aliphatic carbocycles. The van der Waals surface area contributed by atoms with Gasteiger partial charge in [-0.2, -0.15) is 15.5 Å². The Balaban J connectivity index is 1.96. The van der Waals surface area contributed by atoms with E-state index < -0.39 is 44.7 Å². The van der Waals surface area contributed by atoms with Gasteiger partial charge in [-0.1, -0.05) is 4.40 Å². The number of rotatable bonds is 9. The number of carbonyl (C=O) groups excluding carboxylic acids is 2. The van der Waals surface area contributed by atoms with E-state index in [0.717, 1.165) is 5.56 Å². The summed E-state index contributed by atoms with van der Waals surface area (Å²) >= 11 is -1.71. The minimum atomic E-state index is -1.71. The Morgan fingerprint density at radius 3 is 2.23 bits per heavy atom. The number of hydrogen-bond donors (Lipinski definition) is 0. The van der Waals surface area contributed by atoms with Crippen molar-refractivity contribution >= 4 is 41.7 Å². The van der Waals surface area contributed by atoms with Crippen LogP contribution in [-0.2, 0) is 20.8 Å². The molecule has 3 aliphatic rings. The standard InChI is InChI=1S/C34H40N6O6S/c1-10-44-28(41)25-24(16-37-47(43)32(7,8)9)27(45-26-21(2)14-23(12-11-13-35)15-22(26)3)39-29(38-25)40(30(42)46-31(4,5)6)34-17-33(18-34,19-34)20-36/h11-12,14-16H,10,17-19H2,1-9H3/b12-11+,37-16+. The lowest BCUT2D eigenvalue weighted by atomic mass is 9.39. The van der Waals surface area contributed by atoms with Crippen LogP contribution in [0.2, 0.25) is 0 Å². The Kier molecular flexibility index (Phi) is 9.77. The Hall–Kier alpha value is -4.46. The average Bonchev–Trinajstić information content (AvgIpc) is 2.92. The molecule has 0 spiro atoms. The number of amides is 1. The molecule has 0 N–H and O–H groups in total. The molecule has 1 aromatic heterocycles. The highest BCUT2D eigenvalue weighted by Gasteiger charge is 2.73. The molecule has 0 radical (unpaired) electrons. The molecule has 5 rings (SSSR count). The Labute approximate surface area is 278 Å². The number of aryl methyl sites for hydroxylation is 2. The maximum absolute atomic E-state index is 13.8. The van der Waals surface area contributed by atoms with E-state index in [2.05, 4.69) is 15.5 Å². The van der Waals surface area contributed by atoms with E-state index >= 15 is 0 Å². The van der Waals surface area contributed by atoms with Gasteiger partial charge in [0.05, 0.1) is 41.5 Å². The molecule has 12 nitrogen and oxygen atoms in total. The predicted molar refractivity (Wildman–Crippen MR) is 177 cm³/mol. The zero-order valence-corrected chi connectivity index (χ0v) is 29.1. The molecule has 13 heteroatoms. The van der Waals surface area contributed by atoms with Gasteiger partial charge in [-0.3, -0.25) is 0 Å². The third kappa shape index (κ3) is 7.42. The number of ether oxygens (including phenoxy) is 3. The van der Waals surface area contributed by atoms with E-state index in [9.17, 15) is 19.4 Å². The third-order valence-corrected chi connectivity index (χ3v) is 9.04. The molecule has 2 aromatic rings. The third-order valence-electron chi connectivity index (χ3n) is 7.69. The van der Waals surface area contributed by atoms with E-state index in [1.165, 1.54) is 17.2 Å². The molecule has 3 saturated carbocycles. The minimum absolute atomic E-state index is 0.00674. The Morgan fingerprint density at radius 1 is 1.11 bits per heavy atom. The summed E-state index contributed by atoms with van der Waals surface area (Å²) in [5, 5.41) is 18.7. The monoisotopic (exact) mass is 660 g/mol. The lowest BCUT2D eigenvalue weighted by Gasteiger charge is -2.69. The Morgan fingerprint density at radius 2 is 1.72 bits per heavy atom. The molecule has 1 heterocycles. The first-order valence-electron chi connectivity index (χ1n) is 15.2. The van der Waals surface area contributed by atoms with Crippen LogP contribution in [-0.4, -0.2) is 55.3 Å². The van der Waals surface area contributed by atoms with Crippen LogP contribution >= 0.6 is 0 Å². The second-order valence-electron chi connectivity index (χ2n) is 13.9. The van der Waals surface area contributed by atoms with Gasteiger partial charge in [0, 0.05) is 6.08 Å². The second kappa shape index (κ2) is 13.0. The van der Waals surface area contributed by atoms with E-state index in [1.54, 1.807) is 54.5 Å². The summed E-state index contributed by atoms with van der Waals surface area (Å²) in [7, 11) is 0. The quantitative estimate of drug-likeness (QED) is 0.122. The maximum atomic E-state index is 13.8. The molecule has 47 heavy (non-hydrogen) atoms. The van der Waals surface area contributed by atoms with Crippen molar-refractivity contribution in [1.82, 2.24) is 9.97 Å². The number of hydrogen-bond acceptors (Lipinski definition) is 11. The zero-order chi connectivity index (χ0) is 34.9. The van der Waals surface area contributed by atoms with Crippen molar-refractivity contribution in [2.24, 2.45) is 9.81 Å². The lowest BCUT2D eigenvalue weighted by molar-refractivity contribution is -0.0894. The van der Waals surface area contributed by atoms with Gasteiger partial charge < -0.3 is 18.8 Å². The number of allylic oxidation sites excluding steroid dienone is 1. The number of benzene rings is 1. The van der Waals surface area contributed by atoms with Crippen molar-refractivity contribution in [2.45, 2.75) is 97.5 Å². The van der Waals surface area contributed by atoms with Gasteiger partial charge in [-0.25, -0.2) is 19.5 Å². The summed E-state index contributed by atoms with van der Waals surface area (Å²) in [6.45, 7) is 15.8. The van der Waals surface area contributed by atoms with Gasteiger partial charge in [0.2, 0.25) is 11.8 Å². The molecule has 2 bridgehead atoms. The second-order valence-corrected chi connectivity index (χ2v) is 15.9. The number of carbonyl (C=O) groups is 2. The van der Waals surface area contributed by atoms with E-state index in [0.29, 0.717) is 36.1 Å². The van der Waals surface area contributed by atoms with Gasteiger partial charge in [0.15, 0.2) is 5.69 Å². The molecule has 1 amide bonds. The van der Waals surface area contributed by atoms with Crippen molar-refractivity contribution in [2.75, 3.05) is 11.5 Å². The van der Waals surface area contributed by atoms with Crippen molar-refractivity contribution in [3.05, 3.63) is 46.2 Å². The first-order chi connectivity index (χ1) is 21.9. The summed E-state index contributed by atoms with van der Waals surface area (Å²) in [5.41, 5.74) is -0.268. The van der Waals surface area contributed by atoms with E-state index in [4.69, 9.17) is 24.5 Å². The van der Waals surface area contributed by atoms with Crippen molar-refractivity contribution in [3.63, 3.8) is 0 Å². The van der Waals surface area contributed by atoms with Gasteiger partial charge in [-0.15, -0.1) is 0 Å². The minimum Gasteiger partial charge on any atom is -0.591 e. The fourth-order valence-corrected chi connectivity index (χ4v) is 6.22. The molecule has 0 aliphatic heterocycles. The number of aromatic nitrogens is 2. The highest BCUT2D eigenvalue weighted by Crippen LogP contribution is 2.70. The predicted octanol–water partition coefficient (Wildman–Crippen LogP) is 6.67. The highest BCUT2D eigenvalue weighted by molar-refractivity contribution is 7.91. The van der Waals surface area contributed by atoms with Gasteiger partial charge >= 0.3 is 12.1 Å². The first-order valence-corrected chi connectivity index (χ1v) is 16.3. The van der Waals surface area contributed by atoms with Crippen LogP contribution in [0.3, 0.4) is 0 Å². The summed E-state index contributed by atoms with van der Waals surface area (Å²) in [4.78, 5) is 37.9. The van der Waals surface area contributed by atoms with Crippen LogP contribution < -0.4 is 9.64 Å². The zero-order valence-electron chi connectivity index (χ0n) is 28.3. The van der Waals surface area contributed by atoms with Gasteiger partial charge in [-0.05, 0) is 116 Å². The van der Waals surface area contributed by atoms with Crippen LogP contribution in [0.5, 0.6) is 11.6 Å². The summed E-state index contributed by atoms with van der Waals surface area (Å²) in [6, 6.07) is 7.96. The number of nitriles is 2. The molecule has 1 atom stereocenters. The fraction of sp³-hybridized carbons (Fsp3) is 0.500. The summed E-state index contributed by atoms with van der Waals surface area (Å²) in [5.74, 6) is -0.719. The van der Waals surface area contributed by atoms with Crippen molar-refractivity contribution in [1.29, 1.82) is 10.5 Å². The number of esters is 1. The molecule has 3 fully saturated rings. The van der Waals surface area contributed by atoms with Crippen LogP contribution in [0.1, 0.15) is 100 Å². The van der Waals surface area contributed by atoms with Crippen LogP contribution in [0.25, 0.3) is 6.08 Å².